The molecule has 0 saturated heterocycles. The topological polar surface area (TPSA) is 29.0 Å². The molecule has 1 aromatic heterocycles. The monoisotopic (exact) mass is 259 g/mol. The first-order valence-corrected chi connectivity index (χ1v) is 6.38. The molecular weight excluding hydrogens is 246 g/mol. The molecule has 2 aromatic rings. The third-order valence-electron chi connectivity index (χ3n) is 3.50. The van der Waals surface area contributed by atoms with Crippen LogP contribution in [0, 0.1) is 6.92 Å². The van der Waals surface area contributed by atoms with Crippen molar-refractivity contribution in [3.8, 4) is 0 Å². The molecule has 0 radical (unpaired) electrons. The van der Waals surface area contributed by atoms with Gasteiger partial charge in [-0.15, -0.1) is 0 Å². The lowest BCUT2D eigenvalue weighted by Crippen LogP contribution is -2.21. The van der Waals surface area contributed by atoms with Gasteiger partial charge in [0.15, 0.2) is 0 Å². The van der Waals surface area contributed by atoms with E-state index in [0.29, 0.717) is 11.3 Å². The number of aryl methyl sites for hydroxylation is 1. The molecule has 0 aliphatic carbocycles. The third-order valence-corrected chi connectivity index (χ3v) is 3.68. The van der Waals surface area contributed by atoms with Crippen molar-refractivity contribution in [1.29, 1.82) is 0 Å². The molecule has 0 N–H and O–H groups in total. The highest BCUT2D eigenvalue weighted by Crippen LogP contribution is 2.37. The highest BCUT2D eigenvalue weighted by Gasteiger charge is 2.28. The van der Waals surface area contributed by atoms with Crippen LogP contribution in [0.2, 0.25) is 5.28 Å². The maximum Gasteiger partial charge on any atom is 0.224 e. The van der Waals surface area contributed by atoms with Gasteiger partial charge in [0, 0.05) is 18.3 Å². The largest absolute Gasteiger partial charge is 0.345 e. The number of nitrogens with zero attached hydrogens (tertiary/aromatic N) is 3. The quantitative estimate of drug-likeness (QED) is 0.734. The van der Waals surface area contributed by atoms with E-state index in [2.05, 4.69) is 46.1 Å². The Morgan fingerprint density at radius 1 is 1.33 bits per heavy atom. The van der Waals surface area contributed by atoms with Crippen molar-refractivity contribution >= 4 is 17.4 Å². The summed E-state index contributed by atoms with van der Waals surface area (Å²) in [6.07, 6.45) is 1.78. The van der Waals surface area contributed by atoms with Crippen LogP contribution in [0.25, 0.3) is 0 Å². The molecule has 2 heterocycles. The first-order valence-electron chi connectivity index (χ1n) is 6.00. The summed E-state index contributed by atoms with van der Waals surface area (Å²) in [5, 5.41) is 0.304. The van der Waals surface area contributed by atoms with E-state index in [9.17, 15) is 0 Å². The fourth-order valence-electron chi connectivity index (χ4n) is 2.54. The molecule has 0 bridgehead atoms. The van der Waals surface area contributed by atoms with Crippen molar-refractivity contribution in [3.05, 3.63) is 52.4 Å². The number of halogens is 1. The van der Waals surface area contributed by atoms with Crippen molar-refractivity contribution in [2.24, 2.45) is 0 Å². The molecule has 1 aliphatic heterocycles. The molecule has 1 aromatic carbocycles. The molecule has 92 valence electrons. The summed E-state index contributed by atoms with van der Waals surface area (Å²) in [5.74, 6) is 0.929. The normalized spacial score (nSPS) is 17.9. The third kappa shape index (κ3) is 1.75. The van der Waals surface area contributed by atoms with Crippen LogP contribution in [0.3, 0.4) is 0 Å². The van der Waals surface area contributed by atoms with Crippen molar-refractivity contribution < 1.29 is 0 Å². The van der Waals surface area contributed by atoms with Crippen LogP contribution in [-0.2, 0) is 6.54 Å². The van der Waals surface area contributed by atoms with E-state index in [1.807, 2.05) is 6.92 Å². The number of hydrogen-bond acceptors (Lipinski definition) is 3. The van der Waals surface area contributed by atoms with Gasteiger partial charge in [-0.3, -0.25) is 0 Å². The number of anilines is 1. The Balaban J connectivity index is 2.04. The van der Waals surface area contributed by atoms with Crippen LogP contribution in [0.4, 0.5) is 5.82 Å². The van der Waals surface area contributed by atoms with Crippen molar-refractivity contribution in [1.82, 2.24) is 9.97 Å². The number of fused-ring (bicyclic) bond motifs is 1. The minimum absolute atomic E-state index is 0.304. The molecule has 0 fully saturated rings. The predicted molar refractivity (Wildman–Crippen MR) is 72.8 cm³/mol. The average molecular weight is 260 g/mol. The standard InChI is InChI=1S/C14H14ClN3/c1-9-7-16-14(15)17-13(9)18-8-11-5-3-4-6-12(11)10(18)2/h3-7,10H,8H2,1-2H3. The van der Waals surface area contributed by atoms with Gasteiger partial charge in [-0.05, 0) is 36.6 Å². The average Bonchev–Trinajstić information content (AvgIpc) is 2.71. The van der Waals surface area contributed by atoms with Crippen LogP contribution >= 0.6 is 11.6 Å². The number of hydrogen-bond donors (Lipinski definition) is 0. The van der Waals surface area contributed by atoms with E-state index in [1.165, 1.54) is 11.1 Å². The van der Waals surface area contributed by atoms with Crippen LogP contribution in [0.5, 0.6) is 0 Å². The summed E-state index contributed by atoms with van der Waals surface area (Å²) < 4.78 is 0. The predicted octanol–water partition coefficient (Wildman–Crippen LogP) is 3.52. The van der Waals surface area contributed by atoms with Gasteiger partial charge in [0.25, 0.3) is 0 Å². The van der Waals surface area contributed by atoms with Crippen LogP contribution < -0.4 is 4.90 Å². The summed E-state index contributed by atoms with van der Waals surface area (Å²) in [6.45, 7) is 5.09. The summed E-state index contributed by atoms with van der Waals surface area (Å²) in [5.41, 5.74) is 3.78. The smallest absolute Gasteiger partial charge is 0.224 e. The first kappa shape index (κ1) is 11.5. The Kier molecular flexibility index (Phi) is 2.71. The molecule has 0 spiro atoms. The molecule has 1 aliphatic rings. The van der Waals surface area contributed by atoms with Gasteiger partial charge in [-0.2, -0.15) is 0 Å². The maximum atomic E-state index is 5.91. The molecule has 3 nitrogen and oxygen atoms in total. The zero-order chi connectivity index (χ0) is 12.7. The molecule has 1 atom stereocenters. The second-order valence-corrected chi connectivity index (χ2v) is 4.99. The van der Waals surface area contributed by atoms with E-state index in [1.54, 1.807) is 6.20 Å². The van der Waals surface area contributed by atoms with E-state index in [-0.39, 0.29) is 0 Å². The van der Waals surface area contributed by atoms with E-state index >= 15 is 0 Å². The fraction of sp³-hybridized carbons (Fsp3) is 0.286. The summed E-state index contributed by atoms with van der Waals surface area (Å²) in [6, 6.07) is 8.83. The zero-order valence-corrected chi connectivity index (χ0v) is 11.1. The van der Waals surface area contributed by atoms with Gasteiger partial charge in [0.05, 0.1) is 6.04 Å². The molecule has 4 heteroatoms. The van der Waals surface area contributed by atoms with Crippen molar-refractivity contribution in [2.45, 2.75) is 26.4 Å². The number of aromatic nitrogens is 2. The van der Waals surface area contributed by atoms with Crippen molar-refractivity contribution in [2.75, 3.05) is 4.90 Å². The Morgan fingerprint density at radius 3 is 2.89 bits per heavy atom. The minimum atomic E-state index is 0.304. The van der Waals surface area contributed by atoms with E-state index in [0.717, 1.165) is 17.9 Å². The summed E-state index contributed by atoms with van der Waals surface area (Å²) >= 11 is 5.91. The second kappa shape index (κ2) is 4.25. The van der Waals surface area contributed by atoms with Crippen LogP contribution in [-0.4, -0.2) is 9.97 Å². The van der Waals surface area contributed by atoms with Gasteiger partial charge >= 0.3 is 0 Å². The summed E-state index contributed by atoms with van der Waals surface area (Å²) in [4.78, 5) is 10.7. The Bertz CT molecular complexity index is 597. The number of rotatable bonds is 1. The lowest BCUT2D eigenvalue weighted by molar-refractivity contribution is 0.715. The molecule has 0 saturated carbocycles. The van der Waals surface area contributed by atoms with Gasteiger partial charge in [0.2, 0.25) is 5.28 Å². The Labute approximate surface area is 111 Å². The Morgan fingerprint density at radius 2 is 2.11 bits per heavy atom. The van der Waals surface area contributed by atoms with Gasteiger partial charge < -0.3 is 4.90 Å². The zero-order valence-electron chi connectivity index (χ0n) is 10.4. The Hall–Kier alpha value is -1.61. The summed E-state index contributed by atoms with van der Waals surface area (Å²) in [7, 11) is 0. The van der Waals surface area contributed by atoms with Crippen LogP contribution in [0.1, 0.15) is 29.7 Å². The van der Waals surface area contributed by atoms with E-state index in [4.69, 9.17) is 11.6 Å². The van der Waals surface area contributed by atoms with Gasteiger partial charge in [-0.1, -0.05) is 24.3 Å². The highest BCUT2D eigenvalue weighted by atomic mass is 35.5. The van der Waals surface area contributed by atoms with Crippen molar-refractivity contribution in [3.63, 3.8) is 0 Å². The second-order valence-electron chi connectivity index (χ2n) is 4.65. The molecular formula is C14H14ClN3. The SMILES string of the molecule is Cc1cnc(Cl)nc1N1Cc2ccccc2C1C. The molecule has 3 rings (SSSR count). The lowest BCUT2D eigenvalue weighted by Gasteiger charge is -2.24. The first-order chi connectivity index (χ1) is 8.66. The molecule has 1 unspecified atom stereocenters. The fourth-order valence-corrected chi connectivity index (χ4v) is 2.66. The van der Waals surface area contributed by atoms with Gasteiger partial charge in [-0.25, -0.2) is 9.97 Å². The lowest BCUT2D eigenvalue weighted by atomic mass is 10.1. The molecule has 18 heavy (non-hydrogen) atoms. The number of benzene rings is 1. The molecule has 0 amide bonds. The van der Waals surface area contributed by atoms with E-state index < -0.39 is 0 Å². The minimum Gasteiger partial charge on any atom is -0.345 e. The highest BCUT2D eigenvalue weighted by molar-refractivity contribution is 6.28. The van der Waals surface area contributed by atoms with Crippen LogP contribution in [0.15, 0.2) is 30.5 Å². The maximum absolute atomic E-state index is 5.91. The van der Waals surface area contributed by atoms with Gasteiger partial charge in [0.1, 0.15) is 5.82 Å².